The number of piperidine rings is 1. The molecule has 4 rings (SSSR count). The first kappa shape index (κ1) is 22.3. The van der Waals surface area contributed by atoms with Gasteiger partial charge in [-0.1, -0.05) is 18.2 Å². The van der Waals surface area contributed by atoms with E-state index in [9.17, 15) is 9.59 Å². The number of fused-ring (bicyclic) bond motifs is 1. The van der Waals surface area contributed by atoms with Crippen LogP contribution in [0, 0.1) is 5.92 Å². The van der Waals surface area contributed by atoms with Gasteiger partial charge in [-0.05, 0) is 74.6 Å². The van der Waals surface area contributed by atoms with Crippen LogP contribution in [-0.2, 0) is 17.6 Å². The van der Waals surface area contributed by atoms with Gasteiger partial charge in [0.1, 0.15) is 5.82 Å². The summed E-state index contributed by atoms with van der Waals surface area (Å²) >= 11 is 0. The Morgan fingerprint density at radius 1 is 1.09 bits per heavy atom. The summed E-state index contributed by atoms with van der Waals surface area (Å²) in [6, 6.07) is 12.1. The van der Waals surface area contributed by atoms with Gasteiger partial charge in [0.25, 0.3) is 0 Å². The Morgan fingerprint density at radius 2 is 1.91 bits per heavy atom. The van der Waals surface area contributed by atoms with E-state index in [4.69, 9.17) is 10.1 Å². The molecular weight excluding hydrogens is 402 g/mol. The summed E-state index contributed by atoms with van der Waals surface area (Å²) in [4.78, 5) is 30.9. The second-order valence-corrected chi connectivity index (χ2v) is 9.00. The maximum absolute atomic E-state index is 13.1. The van der Waals surface area contributed by atoms with Gasteiger partial charge >= 0.3 is 5.97 Å². The van der Waals surface area contributed by atoms with Gasteiger partial charge < -0.3 is 15.3 Å². The standard InChI is InChI=1S/C26H33N3O3/c30-24(13-12-21-11-10-20-6-4-16-27-26(20)28-21)22-7-1-2-8-23(22)29-17-14-19(15-18-29)5-3-9-25(31)32/h1-2,7-8,10-11,19H,3-6,9,12-18H2,(H,27,28)(H,31,32). The van der Waals surface area contributed by atoms with Crippen LogP contribution in [-0.4, -0.2) is 41.5 Å². The van der Waals surface area contributed by atoms with Crippen LogP contribution in [0.25, 0.3) is 0 Å². The van der Waals surface area contributed by atoms with Gasteiger partial charge in [-0.2, -0.15) is 0 Å². The quantitative estimate of drug-likeness (QED) is 0.554. The average molecular weight is 436 g/mol. The molecule has 0 radical (unpaired) electrons. The van der Waals surface area contributed by atoms with Crippen molar-refractivity contribution in [1.82, 2.24) is 4.98 Å². The summed E-state index contributed by atoms with van der Waals surface area (Å²) in [5.74, 6) is 1.01. The molecule has 1 fully saturated rings. The zero-order valence-corrected chi connectivity index (χ0v) is 18.7. The molecule has 32 heavy (non-hydrogen) atoms. The number of ketones is 1. The van der Waals surface area contributed by atoms with Gasteiger partial charge in [0.15, 0.2) is 5.78 Å². The monoisotopic (exact) mass is 435 g/mol. The number of hydrogen-bond acceptors (Lipinski definition) is 5. The van der Waals surface area contributed by atoms with Gasteiger partial charge in [-0.25, -0.2) is 4.98 Å². The van der Waals surface area contributed by atoms with E-state index in [-0.39, 0.29) is 12.2 Å². The number of pyridine rings is 1. The molecule has 0 unspecified atom stereocenters. The molecule has 3 heterocycles. The van der Waals surface area contributed by atoms with E-state index in [1.807, 2.05) is 18.2 Å². The minimum atomic E-state index is -0.711. The first-order valence-corrected chi connectivity index (χ1v) is 11.9. The maximum atomic E-state index is 13.1. The lowest BCUT2D eigenvalue weighted by molar-refractivity contribution is -0.137. The van der Waals surface area contributed by atoms with Crippen LogP contribution in [0.5, 0.6) is 0 Å². The molecule has 0 atom stereocenters. The van der Waals surface area contributed by atoms with Crippen molar-refractivity contribution < 1.29 is 14.7 Å². The molecule has 170 valence electrons. The van der Waals surface area contributed by atoms with Gasteiger partial charge in [-0.15, -0.1) is 0 Å². The van der Waals surface area contributed by atoms with Crippen molar-refractivity contribution in [2.24, 2.45) is 5.92 Å². The molecule has 2 aromatic rings. The molecule has 0 spiro atoms. The van der Waals surface area contributed by atoms with Crippen molar-refractivity contribution >= 4 is 23.3 Å². The number of aliphatic carboxylic acids is 1. The molecule has 2 N–H and O–H groups in total. The molecule has 6 heteroatoms. The van der Waals surface area contributed by atoms with E-state index >= 15 is 0 Å². The van der Waals surface area contributed by atoms with Crippen LogP contribution in [0.2, 0.25) is 0 Å². The molecule has 0 amide bonds. The molecule has 0 saturated carbocycles. The lowest BCUT2D eigenvalue weighted by Gasteiger charge is -2.34. The maximum Gasteiger partial charge on any atom is 0.303 e. The highest BCUT2D eigenvalue weighted by atomic mass is 16.4. The van der Waals surface area contributed by atoms with Crippen LogP contribution in [0.15, 0.2) is 36.4 Å². The number of carbonyl (C=O) groups is 2. The Kier molecular flexibility index (Phi) is 7.40. The normalized spacial score (nSPS) is 16.3. The largest absolute Gasteiger partial charge is 0.481 e. The number of hydrogen-bond donors (Lipinski definition) is 2. The predicted octanol–water partition coefficient (Wildman–Crippen LogP) is 4.73. The van der Waals surface area contributed by atoms with E-state index in [1.165, 1.54) is 5.56 Å². The van der Waals surface area contributed by atoms with E-state index < -0.39 is 5.97 Å². The predicted molar refractivity (Wildman–Crippen MR) is 127 cm³/mol. The fourth-order valence-electron chi connectivity index (χ4n) is 4.87. The summed E-state index contributed by atoms with van der Waals surface area (Å²) in [5, 5.41) is 12.2. The minimum absolute atomic E-state index is 0.164. The molecule has 1 aromatic carbocycles. The van der Waals surface area contributed by atoms with Gasteiger partial charge in [0.2, 0.25) is 0 Å². The third-order valence-corrected chi connectivity index (χ3v) is 6.72. The number of carbonyl (C=O) groups excluding carboxylic acids is 1. The highest BCUT2D eigenvalue weighted by Gasteiger charge is 2.23. The number of carboxylic acids is 1. The fraction of sp³-hybridized carbons (Fsp3) is 0.500. The Labute approximate surface area is 190 Å². The van der Waals surface area contributed by atoms with Crippen LogP contribution in [0.1, 0.15) is 66.6 Å². The van der Waals surface area contributed by atoms with E-state index in [0.717, 1.165) is 80.9 Å². The topological polar surface area (TPSA) is 82.5 Å². The summed E-state index contributed by atoms with van der Waals surface area (Å²) < 4.78 is 0. The number of aryl methyl sites for hydroxylation is 2. The Balaban J connectivity index is 1.34. The molecule has 2 aliphatic heterocycles. The third-order valence-electron chi connectivity index (χ3n) is 6.72. The van der Waals surface area contributed by atoms with Crippen LogP contribution < -0.4 is 10.2 Å². The third kappa shape index (κ3) is 5.67. The zero-order valence-electron chi connectivity index (χ0n) is 18.7. The summed E-state index contributed by atoms with van der Waals surface area (Å²) in [5.41, 5.74) is 4.06. The zero-order chi connectivity index (χ0) is 22.3. The highest BCUT2D eigenvalue weighted by molar-refractivity contribution is 6.01. The number of anilines is 2. The molecular formula is C26H33N3O3. The number of para-hydroxylation sites is 1. The first-order valence-electron chi connectivity index (χ1n) is 11.9. The van der Waals surface area contributed by atoms with Crippen molar-refractivity contribution in [2.75, 3.05) is 29.9 Å². The second-order valence-electron chi connectivity index (χ2n) is 9.00. The first-order chi connectivity index (χ1) is 15.6. The summed E-state index contributed by atoms with van der Waals surface area (Å²) in [6.07, 6.45) is 7.39. The number of aromatic nitrogens is 1. The van der Waals surface area contributed by atoms with Crippen LogP contribution >= 0.6 is 0 Å². The van der Waals surface area contributed by atoms with Crippen molar-refractivity contribution in [2.45, 2.75) is 57.8 Å². The smallest absolute Gasteiger partial charge is 0.303 e. The lowest BCUT2D eigenvalue weighted by Crippen LogP contribution is -2.34. The molecule has 1 aromatic heterocycles. The highest BCUT2D eigenvalue weighted by Crippen LogP contribution is 2.29. The van der Waals surface area contributed by atoms with Crippen LogP contribution in [0.4, 0.5) is 11.5 Å². The van der Waals surface area contributed by atoms with Crippen molar-refractivity contribution in [3.8, 4) is 0 Å². The Morgan fingerprint density at radius 3 is 2.72 bits per heavy atom. The SMILES string of the molecule is O=C(O)CCCC1CCN(c2ccccc2C(=O)CCc2ccc3c(n2)NCCC3)CC1. The molecule has 0 bridgehead atoms. The van der Waals surface area contributed by atoms with Crippen molar-refractivity contribution in [1.29, 1.82) is 0 Å². The van der Waals surface area contributed by atoms with Gasteiger partial charge in [0, 0.05) is 49.4 Å². The van der Waals surface area contributed by atoms with E-state index in [0.29, 0.717) is 18.8 Å². The van der Waals surface area contributed by atoms with Gasteiger partial charge in [0.05, 0.1) is 0 Å². The number of benzene rings is 1. The van der Waals surface area contributed by atoms with Gasteiger partial charge in [-0.3, -0.25) is 9.59 Å². The molecule has 1 saturated heterocycles. The van der Waals surface area contributed by atoms with Crippen molar-refractivity contribution in [3.05, 3.63) is 53.2 Å². The summed E-state index contributed by atoms with van der Waals surface area (Å²) in [7, 11) is 0. The van der Waals surface area contributed by atoms with Crippen molar-refractivity contribution in [3.63, 3.8) is 0 Å². The lowest BCUT2D eigenvalue weighted by atomic mass is 9.90. The number of Topliss-reactive ketones (excluding diaryl/α,β-unsaturated/α-hetero) is 1. The Hall–Kier alpha value is -2.89. The Bertz CT molecular complexity index is 951. The molecule has 2 aliphatic rings. The number of nitrogens with zero attached hydrogens (tertiary/aromatic N) is 2. The molecule has 6 nitrogen and oxygen atoms in total. The number of nitrogens with one attached hydrogen (secondary N) is 1. The fourth-order valence-corrected chi connectivity index (χ4v) is 4.87. The van der Waals surface area contributed by atoms with Crippen LogP contribution in [0.3, 0.4) is 0 Å². The molecule has 0 aliphatic carbocycles. The summed E-state index contributed by atoms with van der Waals surface area (Å²) in [6.45, 7) is 2.80. The average Bonchev–Trinajstić information content (AvgIpc) is 2.82. The minimum Gasteiger partial charge on any atom is -0.481 e. The van der Waals surface area contributed by atoms with E-state index in [1.54, 1.807) is 0 Å². The second kappa shape index (κ2) is 10.6. The van der Waals surface area contributed by atoms with E-state index in [2.05, 4.69) is 28.4 Å². The number of carboxylic acid groups (broad SMARTS) is 1. The number of rotatable bonds is 9.